The highest BCUT2D eigenvalue weighted by atomic mass is 35.5. The molecular formula is C34H25ClN2O2S. The van der Waals surface area contributed by atoms with Crippen LogP contribution in [0.4, 0.5) is 0 Å². The van der Waals surface area contributed by atoms with Crippen molar-refractivity contribution >= 4 is 34.7 Å². The van der Waals surface area contributed by atoms with Crippen LogP contribution < -0.4 is 19.6 Å². The van der Waals surface area contributed by atoms with E-state index in [1.807, 2.05) is 77.4 Å². The Morgan fingerprint density at radius 2 is 1.65 bits per heavy atom. The summed E-state index contributed by atoms with van der Waals surface area (Å²) in [5.41, 5.74) is 7.63. The number of allylic oxidation sites excluding steroid dienone is 1. The van der Waals surface area contributed by atoms with Crippen LogP contribution in [0.15, 0.2) is 118 Å². The molecule has 6 heteroatoms. The fourth-order valence-corrected chi connectivity index (χ4v) is 6.69. The van der Waals surface area contributed by atoms with Gasteiger partial charge in [0.2, 0.25) is 0 Å². The summed E-state index contributed by atoms with van der Waals surface area (Å²) in [5, 5.41) is 0.693. The van der Waals surface area contributed by atoms with E-state index in [1.165, 1.54) is 28.0 Å². The molecule has 40 heavy (non-hydrogen) atoms. The Morgan fingerprint density at radius 3 is 2.50 bits per heavy atom. The molecule has 4 aromatic carbocycles. The molecule has 1 atom stereocenters. The van der Waals surface area contributed by atoms with Gasteiger partial charge in [0, 0.05) is 16.1 Å². The summed E-state index contributed by atoms with van der Waals surface area (Å²) in [6.45, 7) is 0.406. The van der Waals surface area contributed by atoms with Crippen LogP contribution in [0.2, 0.25) is 5.02 Å². The van der Waals surface area contributed by atoms with Crippen LogP contribution in [0.5, 0.6) is 5.75 Å². The van der Waals surface area contributed by atoms with Crippen molar-refractivity contribution in [2.24, 2.45) is 4.99 Å². The monoisotopic (exact) mass is 560 g/mol. The lowest BCUT2D eigenvalue weighted by molar-refractivity contribution is 0.305. The fraction of sp³-hybridized carbons (Fsp3) is 0.118. The number of fused-ring (bicyclic) bond motifs is 3. The van der Waals surface area contributed by atoms with Crippen molar-refractivity contribution in [3.05, 3.63) is 161 Å². The minimum absolute atomic E-state index is 0.0319. The molecule has 1 aliphatic heterocycles. The largest absolute Gasteiger partial charge is 0.488 e. The lowest BCUT2D eigenvalue weighted by Crippen LogP contribution is -2.38. The molecule has 1 aliphatic carbocycles. The number of thiazole rings is 1. The number of benzene rings is 4. The van der Waals surface area contributed by atoms with Crippen molar-refractivity contribution in [2.75, 3.05) is 0 Å². The highest BCUT2D eigenvalue weighted by Gasteiger charge is 2.32. The van der Waals surface area contributed by atoms with E-state index in [4.69, 9.17) is 21.3 Å². The highest BCUT2D eigenvalue weighted by Crippen LogP contribution is 2.41. The molecular weight excluding hydrogens is 536 g/mol. The molecule has 0 bridgehead atoms. The van der Waals surface area contributed by atoms with E-state index in [2.05, 4.69) is 36.4 Å². The summed E-state index contributed by atoms with van der Waals surface area (Å²) in [5.74, 6) is 0.719. The highest BCUT2D eigenvalue weighted by molar-refractivity contribution is 7.07. The number of nitrogens with zero attached hydrogens (tertiary/aromatic N) is 2. The zero-order chi connectivity index (χ0) is 27.1. The standard InChI is InChI=1S/C34H25ClN2O2S/c35-26-17-14-22(15-18-26)21-39-29-13-7-5-11-25(29)20-30-33(38)37-32(24-9-2-1-3-10-24)28-19-16-23-8-4-6-12-27(23)31(28)36-34(37)40-30/h1-15,17-18,20,32H,16,19,21H2/b30-20-/t32-/m0/s1. The van der Waals surface area contributed by atoms with Gasteiger partial charge in [0.15, 0.2) is 4.80 Å². The molecule has 1 aromatic heterocycles. The molecule has 2 heterocycles. The van der Waals surface area contributed by atoms with Crippen molar-refractivity contribution in [3.63, 3.8) is 0 Å². The maximum atomic E-state index is 14.1. The molecule has 196 valence electrons. The molecule has 7 rings (SSSR count). The average molecular weight is 561 g/mol. The third kappa shape index (κ3) is 4.51. The number of hydrogen-bond acceptors (Lipinski definition) is 4. The molecule has 5 aromatic rings. The smallest absolute Gasteiger partial charge is 0.271 e. The third-order valence-corrected chi connectivity index (χ3v) is 8.74. The predicted octanol–water partition coefficient (Wildman–Crippen LogP) is 6.55. The van der Waals surface area contributed by atoms with Crippen LogP contribution in [0, 0.1) is 0 Å². The summed E-state index contributed by atoms with van der Waals surface area (Å²) in [6.07, 6.45) is 3.75. The normalized spacial score (nSPS) is 16.1. The quantitative estimate of drug-likeness (QED) is 0.245. The van der Waals surface area contributed by atoms with E-state index in [9.17, 15) is 4.79 Å². The van der Waals surface area contributed by atoms with Gasteiger partial charge in [0.25, 0.3) is 5.56 Å². The van der Waals surface area contributed by atoms with Gasteiger partial charge in [0.1, 0.15) is 12.4 Å². The van der Waals surface area contributed by atoms with Gasteiger partial charge < -0.3 is 4.74 Å². The molecule has 0 spiro atoms. The van der Waals surface area contributed by atoms with Gasteiger partial charge in [0.05, 0.1) is 16.3 Å². The van der Waals surface area contributed by atoms with E-state index >= 15 is 0 Å². The van der Waals surface area contributed by atoms with Crippen molar-refractivity contribution in [1.82, 2.24) is 4.57 Å². The van der Waals surface area contributed by atoms with Crippen LogP contribution in [-0.4, -0.2) is 4.57 Å². The molecule has 0 amide bonds. The van der Waals surface area contributed by atoms with Crippen LogP contribution in [0.3, 0.4) is 0 Å². The lowest BCUT2D eigenvalue weighted by Gasteiger charge is -2.30. The first kappa shape index (κ1) is 24.8. The first-order valence-electron chi connectivity index (χ1n) is 13.3. The number of aromatic nitrogens is 1. The van der Waals surface area contributed by atoms with Crippen molar-refractivity contribution in [2.45, 2.75) is 25.5 Å². The second kappa shape index (κ2) is 10.4. The molecule has 0 unspecified atom stereocenters. The third-order valence-electron chi connectivity index (χ3n) is 7.50. The minimum Gasteiger partial charge on any atom is -0.488 e. The summed E-state index contributed by atoms with van der Waals surface area (Å²) >= 11 is 7.46. The SMILES string of the molecule is O=c1/c(=C/c2ccccc2OCc2ccc(Cl)cc2)sc2n1[C@@H](c1ccccc1)C1=C(N=2)c2ccccc2CC1. The number of para-hydroxylation sites is 1. The maximum Gasteiger partial charge on any atom is 0.271 e. The lowest BCUT2D eigenvalue weighted by atomic mass is 9.83. The first-order valence-corrected chi connectivity index (χ1v) is 14.5. The minimum atomic E-state index is -0.181. The van der Waals surface area contributed by atoms with E-state index in [-0.39, 0.29) is 11.6 Å². The zero-order valence-electron chi connectivity index (χ0n) is 21.6. The van der Waals surface area contributed by atoms with Crippen molar-refractivity contribution in [1.29, 1.82) is 0 Å². The molecule has 4 nitrogen and oxygen atoms in total. The molecule has 0 saturated carbocycles. The van der Waals surface area contributed by atoms with E-state index in [0.717, 1.165) is 45.8 Å². The fourth-order valence-electron chi connectivity index (χ4n) is 5.57. The number of halogens is 1. The topological polar surface area (TPSA) is 43.6 Å². The van der Waals surface area contributed by atoms with E-state index in [1.54, 1.807) is 0 Å². The number of rotatable bonds is 5. The Labute approximate surface area is 240 Å². The van der Waals surface area contributed by atoms with E-state index in [0.29, 0.717) is 16.2 Å². The predicted molar refractivity (Wildman–Crippen MR) is 161 cm³/mol. The molecule has 2 aliphatic rings. The second-order valence-electron chi connectivity index (χ2n) is 9.98. The number of ether oxygens (including phenoxy) is 1. The van der Waals surface area contributed by atoms with Gasteiger partial charge in [-0.1, -0.05) is 108 Å². The summed E-state index contributed by atoms with van der Waals surface area (Å²) in [4.78, 5) is 19.9. The molecule has 0 radical (unpaired) electrons. The average Bonchev–Trinajstić information content (AvgIpc) is 3.31. The summed E-state index contributed by atoms with van der Waals surface area (Å²) in [6, 6.07) is 34.0. The van der Waals surface area contributed by atoms with Gasteiger partial charge in [-0.3, -0.25) is 9.36 Å². The van der Waals surface area contributed by atoms with Gasteiger partial charge in [-0.25, -0.2) is 4.99 Å². The number of hydrogen-bond donors (Lipinski definition) is 0. The van der Waals surface area contributed by atoms with Crippen LogP contribution in [0.25, 0.3) is 11.8 Å². The van der Waals surface area contributed by atoms with Gasteiger partial charge >= 0.3 is 0 Å². The second-order valence-corrected chi connectivity index (χ2v) is 11.4. The molecule has 0 fully saturated rings. The number of aryl methyl sites for hydroxylation is 1. The van der Waals surface area contributed by atoms with Crippen LogP contribution in [-0.2, 0) is 13.0 Å². The van der Waals surface area contributed by atoms with Gasteiger partial charge in [-0.15, -0.1) is 0 Å². The molecule has 0 saturated heterocycles. The Hall–Kier alpha value is -4.19. The summed E-state index contributed by atoms with van der Waals surface area (Å²) < 4.78 is 8.69. The van der Waals surface area contributed by atoms with Crippen molar-refractivity contribution < 1.29 is 4.74 Å². The van der Waals surface area contributed by atoms with Crippen LogP contribution >= 0.6 is 22.9 Å². The van der Waals surface area contributed by atoms with E-state index < -0.39 is 0 Å². The Balaban J connectivity index is 1.35. The van der Waals surface area contributed by atoms with Crippen molar-refractivity contribution in [3.8, 4) is 5.75 Å². The van der Waals surface area contributed by atoms with Gasteiger partial charge in [-0.05, 0) is 59.4 Å². The first-order chi connectivity index (χ1) is 19.7. The van der Waals surface area contributed by atoms with Crippen LogP contribution in [0.1, 0.15) is 40.3 Å². The zero-order valence-corrected chi connectivity index (χ0v) is 23.2. The van der Waals surface area contributed by atoms with Gasteiger partial charge in [-0.2, -0.15) is 0 Å². The maximum absolute atomic E-state index is 14.1. The Kier molecular flexibility index (Phi) is 6.46. The Bertz CT molecular complexity index is 1940. The summed E-state index contributed by atoms with van der Waals surface area (Å²) in [7, 11) is 0. The Morgan fingerprint density at radius 1 is 0.900 bits per heavy atom. The molecule has 0 N–H and O–H groups in total.